The molecule has 38 heavy (non-hydrogen) atoms. The normalized spacial score (nSPS) is 12.0. The fraction of sp³-hybridized carbons (Fsp3) is 0.310. The molecule has 0 radical (unpaired) electrons. The molecule has 0 unspecified atom stereocenters. The molecule has 1 N–H and O–H groups in total. The summed E-state index contributed by atoms with van der Waals surface area (Å²) in [5.74, 6) is -1.33. The summed E-state index contributed by atoms with van der Waals surface area (Å²) in [6.45, 7) is 5.36. The minimum absolute atomic E-state index is 0.00179. The average Bonchev–Trinajstić information content (AvgIpc) is 2.85. The van der Waals surface area contributed by atoms with Gasteiger partial charge in [-0.05, 0) is 67.3 Å². The standard InChI is InChI=1S/C29H34FN3O4S/c1-5-31-29(35)27(18-23-9-7-6-8-10-23)32(19-24-11-13-25(30)14-12-24)28(34)20-33(38(4,36)37)26-16-21(2)15-22(3)17-26/h6-17,27H,5,18-20H2,1-4H3,(H,31,35)/t27-/m1/s1. The van der Waals surface area contributed by atoms with Gasteiger partial charge in [0.25, 0.3) is 0 Å². The Morgan fingerprint density at radius 2 is 1.53 bits per heavy atom. The van der Waals surface area contributed by atoms with Gasteiger partial charge in [0.2, 0.25) is 21.8 Å². The molecule has 0 aliphatic rings. The maximum absolute atomic E-state index is 13.9. The van der Waals surface area contributed by atoms with Gasteiger partial charge < -0.3 is 10.2 Å². The van der Waals surface area contributed by atoms with Crippen LogP contribution in [0.25, 0.3) is 0 Å². The summed E-state index contributed by atoms with van der Waals surface area (Å²) in [5, 5.41) is 2.80. The van der Waals surface area contributed by atoms with Gasteiger partial charge in [-0.25, -0.2) is 12.8 Å². The molecule has 0 aromatic heterocycles. The number of halogens is 1. The summed E-state index contributed by atoms with van der Waals surface area (Å²) in [6, 6.07) is 19.4. The highest BCUT2D eigenvalue weighted by molar-refractivity contribution is 7.92. The van der Waals surface area contributed by atoms with Crippen LogP contribution in [0.2, 0.25) is 0 Å². The van der Waals surface area contributed by atoms with Crippen molar-refractivity contribution in [2.45, 2.75) is 39.8 Å². The molecule has 7 nitrogen and oxygen atoms in total. The summed E-state index contributed by atoms with van der Waals surface area (Å²) >= 11 is 0. The molecular weight excluding hydrogens is 505 g/mol. The van der Waals surface area contributed by atoms with E-state index in [0.717, 1.165) is 27.3 Å². The van der Waals surface area contributed by atoms with Crippen molar-refractivity contribution in [1.29, 1.82) is 0 Å². The van der Waals surface area contributed by atoms with Gasteiger partial charge in [0, 0.05) is 19.5 Å². The Hall–Kier alpha value is -3.72. The van der Waals surface area contributed by atoms with Crippen LogP contribution in [-0.4, -0.2) is 50.5 Å². The number of hydrogen-bond acceptors (Lipinski definition) is 4. The van der Waals surface area contributed by atoms with E-state index in [4.69, 9.17) is 0 Å². The largest absolute Gasteiger partial charge is 0.355 e. The fourth-order valence-corrected chi connectivity index (χ4v) is 5.17. The van der Waals surface area contributed by atoms with E-state index in [1.165, 1.54) is 17.0 Å². The molecular formula is C29H34FN3O4S. The Morgan fingerprint density at radius 1 is 0.921 bits per heavy atom. The van der Waals surface area contributed by atoms with Gasteiger partial charge in [-0.3, -0.25) is 13.9 Å². The van der Waals surface area contributed by atoms with E-state index in [1.807, 2.05) is 50.2 Å². The van der Waals surface area contributed by atoms with Crippen LogP contribution in [0.5, 0.6) is 0 Å². The molecule has 2 amide bonds. The number of hydrogen-bond donors (Lipinski definition) is 1. The Labute approximate surface area is 224 Å². The highest BCUT2D eigenvalue weighted by atomic mass is 32.2. The van der Waals surface area contributed by atoms with Crippen molar-refractivity contribution < 1.29 is 22.4 Å². The van der Waals surface area contributed by atoms with Crippen molar-refractivity contribution in [3.05, 3.63) is 101 Å². The average molecular weight is 540 g/mol. The Morgan fingerprint density at radius 3 is 2.08 bits per heavy atom. The number of carbonyl (C=O) groups excluding carboxylic acids is 2. The Kier molecular flexibility index (Phi) is 9.63. The van der Waals surface area contributed by atoms with E-state index < -0.39 is 34.3 Å². The van der Waals surface area contributed by atoms with Crippen LogP contribution in [0, 0.1) is 19.7 Å². The Bertz CT molecular complexity index is 1340. The van der Waals surface area contributed by atoms with Crippen LogP contribution < -0.4 is 9.62 Å². The number of anilines is 1. The Balaban J connectivity index is 2.05. The third kappa shape index (κ3) is 7.89. The third-order valence-corrected chi connectivity index (χ3v) is 7.20. The maximum atomic E-state index is 13.9. The maximum Gasteiger partial charge on any atom is 0.244 e. The highest BCUT2D eigenvalue weighted by Crippen LogP contribution is 2.23. The van der Waals surface area contributed by atoms with E-state index in [2.05, 4.69) is 5.32 Å². The monoisotopic (exact) mass is 539 g/mol. The van der Waals surface area contributed by atoms with Crippen LogP contribution >= 0.6 is 0 Å². The number of benzene rings is 3. The molecule has 1 atom stereocenters. The van der Waals surface area contributed by atoms with Gasteiger partial charge in [-0.2, -0.15) is 0 Å². The van der Waals surface area contributed by atoms with Crippen LogP contribution in [0.15, 0.2) is 72.8 Å². The molecule has 0 saturated heterocycles. The molecule has 3 aromatic rings. The van der Waals surface area contributed by atoms with E-state index in [-0.39, 0.29) is 18.9 Å². The summed E-state index contributed by atoms with van der Waals surface area (Å²) < 4.78 is 40.3. The lowest BCUT2D eigenvalue weighted by molar-refractivity contribution is -0.140. The second kappa shape index (κ2) is 12.7. The van der Waals surface area contributed by atoms with Crippen LogP contribution in [0.3, 0.4) is 0 Å². The number of sulfonamides is 1. The molecule has 202 valence electrons. The molecule has 3 rings (SSSR count). The number of nitrogens with one attached hydrogen (secondary N) is 1. The van der Waals surface area contributed by atoms with Gasteiger partial charge in [-0.1, -0.05) is 48.5 Å². The van der Waals surface area contributed by atoms with Crippen molar-refractivity contribution in [3.8, 4) is 0 Å². The van der Waals surface area contributed by atoms with E-state index in [0.29, 0.717) is 17.8 Å². The van der Waals surface area contributed by atoms with Crippen LogP contribution in [-0.2, 0) is 32.6 Å². The molecule has 0 saturated carbocycles. The first-order valence-corrected chi connectivity index (χ1v) is 14.2. The third-order valence-electron chi connectivity index (χ3n) is 6.06. The number of rotatable bonds is 11. The second-order valence-electron chi connectivity index (χ2n) is 9.36. The zero-order chi connectivity index (χ0) is 27.9. The van der Waals surface area contributed by atoms with Crippen molar-refractivity contribution in [2.75, 3.05) is 23.7 Å². The summed E-state index contributed by atoms with van der Waals surface area (Å²) in [7, 11) is -3.84. The summed E-state index contributed by atoms with van der Waals surface area (Å²) in [6.07, 6.45) is 1.27. The number of nitrogens with zero attached hydrogens (tertiary/aromatic N) is 2. The van der Waals surface area contributed by atoms with Gasteiger partial charge in [0.15, 0.2) is 0 Å². The quantitative estimate of drug-likeness (QED) is 0.399. The van der Waals surface area contributed by atoms with Crippen molar-refractivity contribution in [2.24, 2.45) is 0 Å². The first-order valence-electron chi connectivity index (χ1n) is 12.4. The first kappa shape index (κ1) is 28.8. The fourth-order valence-electron chi connectivity index (χ4n) is 4.34. The zero-order valence-corrected chi connectivity index (χ0v) is 23.0. The molecule has 0 heterocycles. The van der Waals surface area contributed by atoms with Gasteiger partial charge in [-0.15, -0.1) is 0 Å². The smallest absolute Gasteiger partial charge is 0.244 e. The van der Waals surface area contributed by atoms with E-state index >= 15 is 0 Å². The van der Waals surface area contributed by atoms with Gasteiger partial charge in [0.05, 0.1) is 11.9 Å². The van der Waals surface area contributed by atoms with Crippen molar-refractivity contribution in [1.82, 2.24) is 10.2 Å². The van der Waals surface area contributed by atoms with Gasteiger partial charge in [0.1, 0.15) is 18.4 Å². The second-order valence-corrected chi connectivity index (χ2v) is 11.3. The lowest BCUT2D eigenvalue weighted by Gasteiger charge is -2.33. The molecule has 0 fully saturated rings. The van der Waals surface area contributed by atoms with E-state index in [1.54, 1.807) is 31.2 Å². The summed E-state index contributed by atoms with van der Waals surface area (Å²) in [4.78, 5) is 28.6. The zero-order valence-electron chi connectivity index (χ0n) is 22.1. The molecule has 0 bridgehead atoms. The molecule has 0 aliphatic heterocycles. The predicted molar refractivity (Wildman–Crippen MR) is 148 cm³/mol. The van der Waals surface area contributed by atoms with Crippen molar-refractivity contribution >= 4 is 27.5 Å². The topological polar surface area (TPSA) is 86.8 Å². The number of carbonyl (C=O) groups is 2. The molecule has 0 spiro atoms. The SMILES string of the molecule is CCNC(=O)[C@@H](Cc1ccccc1)N(Cc1ccc(F)cc1)C(=O)CN(c1cc(C)cc(C)c1)S(C)(=O)=O. The molecule has 0 aliphatic carbocycles. The predicted octanol–water partition coefficient (Wildman–Crippen LogP) is 3.98. The first-order chi connectivity index (χ1) is 18.0. The minimum Gasteiger partial charge on any atom is -0.355 e. The van der Waals surface area contributed by atoms with Gasteiger partial charge >= 0.3 is 0 Å². The molecule has 3 aromatic carbocycles. The number of amides is 2. The van der Waals surface area contributed by atoms with Crippen LogP contribution in [0.1, 0.15) is 29.2 Å². The highest BCUT2D eigenvalue weighted by Gasteiger charge is 2.33. The van der Waals surface area contributed by atoms with E-state index in [9.17, 15) is 22.4 Å². The summed E-state index contributed by atoms with van der Waals surface area (Å²) in [5.41, 5.74) is 3.54. The number of likely N-dealkylation sites (N-methyl/N-ethyl adjacent to an activating group) is 1. The lowest BCUT2D eigenvalue weighted by Crippen LogP contribution is -2.53. The minimum atomic E-state index is -3.84. The lowest BCUT2D eigenvalue weighted by atomic mass is 10.0. The molecule has 9 heteroatoms. The van der Waals surface area contributed by atoms with Crippen LogP contribution in [0.4, 0.5) is 10.1 Å². The number of aryl methyl sites for hydroxylation is 2. The van der Waals surface area contributed by atoms with Crippen molar-refractivity contribution in [3.63, 3.8) is 0 Å².